The van der Waals surface area contributed by atoms with Crippen molar-refractivity contribution < 1.29 is 13.9 Å². The zero-order valence-electron chi connectivity index (χ0n) is 13.8. The first-order chi connectivity index (χ1) is 11.6. The number of carbonyl (C=O) groups is 1. The summed E-state index contributed by atoms with van der Waals surface area (Å²) in [5.41, 5.74) is 1.33. The Labute approximate surface area is 140 Å². The van der Waals surface area contributed by atoms with E-state index in [4.69, 9.17) is 4.74 Å². The number of halogens is 1. The van der Waals surface area contributed by atoms with E-state index in [1.165, 1.54) is 12.1 Å². The lowest BCUT2D eigenvalue weighted by Gasteiger charge is -2.32. The van der Waals surface area contributed by atoms with Crippen LogP contribution in [0.15, 0.2) is 18.2 Å². The molecule has 0 radical (unpaired) electrons. The summed E-state index contributed by atoms with van der Waals surface area (Å²) in [6, 6.07) is 4.76. The maximum Gasteiger partial charge on any atom is 0.220 e. The summed E-state index contributed by atoms with van der Waals surface area (Å²) < 4.78 is 18.5. The Hall–Kier alpha value is -1.99. The third-order valence-electron chi connectivity index (χ3n) is 4.40. The van der Waals surface area contributed by atoms with Gasteiger partial charge in [-0.1, -0.05) is 0 Å². The molecular formula is C17H23FN4O2. The lowest BCUT2D eigenvalue weighted by Crippen LogP contribution is -2.42. The Morgan fingerprint density at radius 1 is 1.46 bits per heavy atom. The first kappa shape index (κ1) is 16.9. The minimum Gasteiger partial charge on any atom is -0.379 e. The molecule has 1 aliphatic rings. The molecule has 130 valence electrons. The molecular weight excluding hydrogens is 311 g/mol. The number of aromatic nitrogens is 2. The monoisotopic (exact) mass is 334 g/mol. The average Bonchev–Trinajstić information content (AvgIpc) is 3.00. The van der Waals surface area contributed by atoms with E-state index in [9.17, 15) is 9.18 Å². The molecule has 7 heteroatoms. The second-order valence-corrected chi connectivity index (χ2v) is 6.16. The van der Waals surface area contributed by atoms with Crippen molar-refractivity contribution in [2.24, 2.45) is 0 Å². The zero-order valence-corrected chi connectivity index (χ0v) is 13.8. The molecule has 1 amide bonds. The molecule has 6 nitrogen and oxygen atoms in total. The van der Waals surface area contributed by atoms with Crippen LogP contribution in [0.25, 0.3) is 11.0 Å². The normalized spacial score (nSPS) is 17.1. The van der Waals surface area contributed by atoms with Crippen molar-refractivity contribution >= 4 is 16.9 Å². The standard InChI is InChI=1S/C17H23FN4O2/c1-12(22-6-8-24-9-7-22)2-5-17(23)19-11-16-20-14-4-3-13(18)10-15(14)21-16/h3-4,10,12H,2,5-9,11H2,1H3,(H,19,23)(H,20,21)/t12-/m1/s1. The van der Waals surface area contributed by atoms with Crippen LogP contribution in [0.4, 0.5) is 4.39 Å². The van der Waals surface area contributed by atoms with Crippen LogP contribution in [0.5, 0.6) is 0 Å². The van der Waals surface area contributed by atoms with Gasteiger partial charge in [-0.2, -0.15) is 0 Å². The highest BCUT2D eigenvalue weighted by molar-refractivity contribution is 5.77. The Morgan fingerprint density at radius 3 is 3.04 bits per heavy atom. The quantitative estimate of drug-likeness (QED) is 0.845. The van der Waals surface area contributed by atoms with Crippen LogP contribution in [0.3, 0.4) is 0 Å². The largest absolute Gasteiger partial charge is 0.379 e. The van der Waals surface area contributed by atoms with E-state index in [0.717, 1.165) is 32.7 Å². The average molecular weight is 334 g/mol. The molecule has 1 atom stereocenters. The maximum absolute atomic E-state index is 13.2. The number of aromatic amines is 1. The number of carbonyl (C=O) groups excluding carboxylic acids is 1. The predicted octanol–water partition coefficient (Wildman–Crippen LogP) is 1.82. The second kappa shape index (κ2) is 7.72. The second-order valence-electron chi connectivity index (χ2n) is 6.16. The fourth-order valence-electron chi connectivity index (χ4n) is 2.93. The summed E-state index contributed by atoms with van der Waals surface area (Å²) in [5, 5.41) is 2.86. The summed E-state index contributed by atoms with van der Waals surface area (Å²) in [7, 11) is 0. The van der Waals surface area contributed by atoms with Gasteiger partial charge in [0, 0.05) is 25.6 Å². The molecule has 1 aliphatic heterocycles. The summed E-state index contributed by atoms with van der Waals surface area (Å²) >= 11 is 0. The van der Waals surface area contributed by atoms with Crippen LogP contribution in [0.2, 0.25) is 0 Å². The van der Waals surface area contributed by atoms with E-state index in [1.807, 2.05) is 0 Å². The van der Waals surface area contributed by atoms with Gasteiger partial charge in [0.05, 0.1) is 30.8 Å². The Kier molecular flexibility index (Phi) is 5.42. The fraction of sp³-hybridized carbons (Fsp3) is 0.529. The molecule has 1 fully saturated rings. The van der Waals surface area contributed by atoms with Crippen LogP contribution < -0.4 is 5.32 Å². The molecule has 2 aromatic rings. The van der Waals surface area contributed by atoms with Gasteiger partial charge in [0.2, 0.25) is 5.91 Å². The van der Waals surface area contributed by atoms with Gasteiger partial charge in [0.15, 0.2) is 0 Å². The number of amides is 1. The molecule has 0 bridgehead atoms. The maximum atomic E-state index is 13.2. The molecule has 2 heterocycles. The first-order valence-corrected chi connectivity index (χ1v) is 8.34. The number of ether oxygens (including phenoxy) is 1. The lowest BCUT2D eigenvalue weighted by molar-refractivity contribution is -0.121. The van der Waals surface area contributed by atoms with E-state index in [1.54, 1.807) is 6.07 Å². The number of fused-ring (bicyclic) bond motifs is 1. The van der Waals surface area contributed by atoms with Crippen molar-refractivity contribution in [2.45, 2.75) is 32.4 Å². The Morgan fingerprint density at radius 2 is 2.25 bits per heavy atom. The van der Waals surface area contributed by atoms with Crippen LogP contribution in [0.1, 0.15) is 25.6 Å². The van der Waals surface area contributed by atoms with Gasteiger partial charge in [-0.15, -0.1) is 0 Å². The molecule has 3 rings (SSSR count). The van der Waals surface area contributed by atoms with E-state index < -0.39 is 0 Å². The van der Waals surface area contributed by atoms with Crippen molar-refractivity contribution in [1.82, 2.24) is 20.2 Å². The number of H-pyrrole nitrogens is 1. The number of hydrogen-bond donors (Lipinski definition) is 2. The van der Waals surface area contributed by atoms with E-state index in [2.05, 4.69) is 27.1 Å². The van der Waals surface area contributed by atoms with Crippen molar-refractivity contribution in [2.75, 3.05) is 26.3 Å². The highest BCUT2D eigenvalue weighted by atomic mass is 19.1. The lowest BCUT2D eigenvalue weighted by atomic mass is 10.1. The minimum absolute atomic E-state index is 0.00162. The van der Waals surface area contributed by atoms with Gasteiger partial charge >= 0.3 is 0 Å². The van der Waals surface area contributed by atoms with Crippen LogP contribution in [-0.2, 0) is 16.1 Å². The molecule has 24 heavy (non-hydrogen) atoms. The van der Waals surface area contributed by atoms with Crippen LogP contribution >= 0.6 is 0 Å². The number of benzene rings is 1. The molecule has 1 aromatic heterocycles. The van der Waals surface area contributed by atoms with Crippen LogP contribution in [0, 0.1) is 5.82 Å². The first-order valence-electron chi connectivity index (χ1n) is 8.34. The number of nitrogens with one attached hydrogen (secondary N) is 2. The van der Waals surface area contributed by atoms with Gasteiger partial charge in [-0.05, 0) is 31.5 Å². The molecule has 1 aromatic carbocycles. The topological polar surface area (TPSA) is 70.2 Å². The number of hydrogen-bond acceptors (Lipinski definition) is 4. The van der Waals surface area contributed by atoms with E-state index in [-0.39, 0.29) is 11.7 Å². The molecule has 0 spiro atoms. The minimum atomic E-state index is -0.307. The fourth-order valence-corrected chi connectivity index (χ4v) is 2.93. The van der Waals surface area contributed by atoms with Crippen molar-refractivity contribution in [1.29, 1.82) is 0 Å². The number of nitrogens with zero attached hydrogens (tertiary/aromatic N) is 2. The zero-order chi connectivity index (χ0) is 16.9. The Balaban J connectivity index is 1.44. The van der Waals surface area contributed by atoms with Gasteiger partial charge in [-0.3, -0.25) is 9.69 Å². The van der Waals surface area contributed by atoms with E-state index >= 15 is 0 Å². The molecule has 1 saturated heterocycles. The third kappa shape index (κ3) is 4.30. The third-order valence-corrected chi connectivity index (χ3v) is 4.40. The SMILES string of the molecule is C[C@H](CCC(=O)NCc1nc2ccc(F)cc2[nH]1)N1CCOCC1. The highest BCUT2D eigenvalue weighted by Gasteiger charge is 2.17. The van der Waals surface area contributed by atoms with Gasteiger partial charge in [0.1, 0.15) is 11.6 Å². The summed E-state index contributed by atoms with van der Waals surface area (Å²) in [6.45, 7) is 5.86. The molecule has 0 unspecified atom stereocenters. The van der Waals surface area contributed by atoms with Gasteiger partial charge in [0.25, 0.3) is 0 Å². The van der Waals surface area contributed by atoms with Gasteiger partial charge < -0.3 is 15.0 Å². The predicted molar refractivity (Wildman–Crippen MR) is 89.0 cm³/mol. The summed E-state index contributed by atoms with van der Waals surface area (Å²) in [6.07, 6.45) is 1.30. The molecule has 0 aliphatic carbocycles. The smallest absolute Gasteiger partial charge is 0.220 e. The molecule has 2 N–H and O–H groups in total. The van der Waals surface area contributed by atoms with Crippen molar-refractivity contribution in [3.63, 3.8) is 0 Å². The number of rotatable bonds is 6. The highest BCUT2D eigenvalue weighted by Crippen LogP contribution is 2.13. The van der Waals surface area contributed by atoms with Crippen molar-refractivity contribution in [3.05, 3.63) is 29.8 Å². The Bertz CT molecular complexity index is 697. The van der Waals surface area contributed by atoms with Crippen LogP contribution in [-0.4, -0.2) is 53.1 Å². The summed E-state index contributed by atoms with van der Waals surface area (Å²) in [5.74, 6) is 0.325. The number of imidazole rings is 1. The van der Waals surface area contributed by atoms with E-state index in [0.29, 0.717) is 35.9 Å². The molecule has 0 saturated carbocycles. The van der Waals surface area contributed by atoms with Crippen molar-refractivity contribution in [3.8, 4) is 0 Å². The van der Waals surface area contributed by atoms with Gasteiger partial charge in [-0.25, -0.2) is 9.37 Å². The summed E-state index contributed by atoms with van der Waals surface area (Å²) in [4.78, 5) is 21.7. The number of morpholine rings is 1.